The third kappa shape index (κ3) is 3.06. The summed E-state index contributed by atoms with van der Waals surface area (Å²) in [6, 6.07) is 9.32. The average Bonchev–Trinajstić information content (AvgIpc) is 2.26. The van der Waals surface area contributed by atoms with Gasteiger partial charge in [-0.25, -0.2) is 0 Å². The highest BCUT2D eigenvalue weighted by Gasteiger charge is 2.02. The quantitative estimate of drug-likeness (QED) is 0.745. The SMILES string of the molecule is CCc1cccc(NC(CC)CC)c1. The van der Waals surface area contributed by atoms with E-state index in [0.717, 1.165) is 6.42 Å². The van der Waals surface area contributed by atoms with Crippen LogP contribution in [-0.2, 0) is 6.42 Å². The van der Waals surface area contributed by atoms with E-state index >= 15 is 0 Å². The number of hydrogen-bond acceptors (Lipinski definition) is 1. The molecule has 78 valence electrons. The first kappa shape index (κ1) is 11.1. The predicted molar refractivity (Wildman–Crippen MR) is 63.8 cm³/mol. The van der Waals surface area contributed by atoms with Crippen LogP contribution >= 0.6 is 0 Å². The maximum atomic E-state index is 3.55. The van der Waals surface area contributed by atoms with Crippen LogP contribution in [0.5, 0.6) is 0 Å². The van der Waals surface area contributed by atoms with E-state index in [9.17, 15) is 0 Å². The second-order valence-electron chi connectivity index (χ2n) is 3.71. The van der Waals surface area contributed by atoms with E-state index in [1.165, 1.54) is 24.1 Å². The largest absolute Gasteiger partial charge is 0.382 e. The monoisotopic (exact) mass is 191 g/mol. The second-order valence-corrected chi connectivity index (χ2v) is 3.71. The molecule has 0 atom stereocenters. The Hall–Kier alpha value is -0.980. The fourth-order valence-corrected chi connectivity index (χ4v) is 1.61. The molecule has 0 saturated heterocycles. The van der Waals surface area contributed by atoms with Gasteiger partial charge in [0.15, 0.2) is 0 Å². The lowest BCUT2D eigenvalue weighted by molar-refractivity contribution is 0.671. The molecule has 0 heterocycles. The van der Waals surface area contributed by atoms with Crippen molar-refractivity contribution in [1.82, 2.24) is 0 Å². The maximum Gasteiger partial charge on any atom is 0.0345 e. The van der Waals surface area contributed by atoms with Gasteiger partial charge in [0, 0.05) is 11.7 Å². The fraction of sp³-hybridized carbons (Fsp3) is 0.538. The highest BCUT2D eigenvalue weighted by Crippen LogP contribution is 2.14. The van der Waals surface area contributed by atoms with Crippen LogP contribution in [-0.4, -0.2) is 6.04 Å². The summed E-state index contributed by atoms with van der Waals surface area (Å²) in [6.07, 6.45) is 3.48. The van der Waals surface area contributed by atoms with Crippen molar-refractivity contribution >= 4 is 5.69 Å². The van der Waals surface area contributed by atoms with E-state index in [1.54, 1.807) is 0 Å². The zero-order valence-electron chi connectivity index (χ0n) is 9.51. The van der Waals surface area contributed by atoms with Crippen molar-refractivity contribution in [2.24, 2.45) is 0 Å². The zero-order chi connectivity index (χ0) is 10.4. The summed E-state index contributed by atoms with van der Waals surface area (Å²) in [5.41, 5.74) is 2.67. The van der Waals surface area contributed by atoms with E-state index in [4.69, 9.17) is 0 Å². The van der Waals surface area contributed by atoms with Gasteiger partial charge in [-0.3, -0.25) is 0 Å². The number of hydrogen-bond donors (Lipinski definition) is 1. The molecule has 0 radical (unpaired) electrons. The van der Waals surface area contributed by atoms with Crippen molar-refractivity contribution < 1.29 is 0 Å². The minimum absolute atomic E-state index is 0.613. The predicted octanol–water partition coefficient (Wildman–Crippen LogP) is 3.85. The fourth-order valence-electron chi connectivity index (χ4n) is 1.61. The number of aryl methyl sites for hydroxylation is 1. The lowest BCUT2D eigenvalue weighted by Gasteiger charge is -2.16. The van der Waals surface area contributed by atoms with Crippen LogP contribution in [0.15, 0.2) is 24.3 Å². The number of rotatable bonds is 5. The zero-order valence-corrected chi connectivity index (χ0v) is 9.51. The molecule has 0 fully saturated rings. The standard InChI is InChI=1S/C13H21N/c1-4-11-8-7-9-13(10-11)14-12(5-2)6-3/h7-10,12,14H,4-6H2,1-3H3. The third-order valence-corrected chi connectivity index (χ3v) is 2.69. The summed E-state index contributed by atoms with van der Waals surface area (Å²) >= 11 is 0. The van der Waals surface area contributed by atoms with Gasteiger partial charge in [0.1, 0.15) is 0 Å². The minimum atomic E-state index is 0.613. The molecule has 0 spiro atoms. The summed E-state index contributed by atoms with van der Waals surface area (Å²) in [4.78, 5) is 0. The summed E-state index contributed by atoms with van der Waals surface area (Å²) in [7, 11) is 0. The highest BCUT2D eigenvalue weighted by atomic mass is 14.9. The highest BCUT2D eigenvalue weighted by molar-refractivity contribution is 5.46. The van der Waals surface area contributed by atoms with Gasteiger partial charge in [0.05, 0.1) is 0 Å². The molecule has 1 rings (SSSR count). The molecule has 0 aliphatic heterocycles. The first-order valence-electron chi connectivity index (χ1n) is 5.65. The lowest BCUT2D eigenvalue weighted by atomic mass is 10.1. The molecule has 0 amide bonds. The van der Waals surface area contributed by atoms with E-state index in [0.29, 0.717) is 6.04 Å². The van der Waals surface area contributed by atoms with Crippen molar-refractivity contribution in [3.05, 3.63) is 29.8 Å². The van der Waals surface area contributed by atoms with Crippen molar-refractivity contribution in [1.29, 1.82) is 0 Å². The molecular formula is C13H21N. The van der Waals surface area contributed by atoms with Crippen LogP contribution in [0.2, 0.25) is 0 Å². The molecule has 1 heteroatoms. The molecule has 0 aliphatic carbocycles. The van der Waals surface area contributed by atoms with Gasteiger partial charge >= 0.3 is 0 Å². The topological polar surface area (TPSA) is 12.0 Å². The molecular weight excluding hydrogens is 170 g/mol. The Morgan fingerprint density at radius 3 is 2.43 bits per heavy atom. The van der Waals surface area contributed by atoms with Crippen LogP contribution in [0.1, 0.15) is 39.2 Å². The average molecular weight is 191 g/mol. The van der Waals surface area contributed by atoms with E-state index < -0.39 is 0 Å². The summed E-state index contributed by atoms with van der Waals surface area (Å²) in [5.74, 6) is 0. The maximum absolute atomic E-state index is 3.55. The molecule has 1 N–H and O–H groups in total. The van der Waals surface area contributed by atoms with E-state index in [2.05, 4.69) is 50.4 Å². The molecule has 0 aromatic heterocycles. The van der Waals surface area contributed by atoms with Gasteiger partial charge in [0.25, 0.3) is 0 Å². The summed E-state index contributed by atoms with van der Waals surface area (Å²) < 4.78 is 0. The van der Waals surface area contributed by atoms with Crippen LogP contribution in [0, 0.1) is 0 Å². The summed E-state index contributed by atoms with van der Waals surface area (Å²) in [5, 5.41) is 3.55. The Labute approximate surface area is 87.5 Å². The first-order valence-corrected chi connectivity index (χ1v) is 5.65. The molecule has 14 heavy (non-hydrogen) atoms. The van der Waals surface area contributed by atoms with Gasteiger partial charge < -0.3 is 5.32 Å². The van der Waals surface area contributed by atoms with Gasteiger partial charge in [-0.05, 0) is 37.0 Å². The number of nitrogens with one attached hydrogen (secondary N) is 1. The smallest absolute Gasteiger partial charge is 0.0345 e. The van der Waals surface area contributed by atoms with Gasteiger partial charge in [-0.15, -0.1) is 0 Å². The molecule has 1 nitrogen and oxygen atoms in total. The number of anilines is 1. The Balaban J connectivity index is 2.65. The van der Waals surface area contributed by atoms with E-state index in [1.807, 2.05) is 0 Å². The second kappa shape index (κ2) is 5.69. The van der Waals surface area contributed by atoms with Gasteiger partial charge in [-0.2, -0.15) is 0 Å². The van der Waals surface area contributed by atoms with E-state index in [-0.39, 0.29) is 0 Å². The van der Waals surface area contributed by atoms with Crippen molar-refractivity contribution in [2.45, 2.75) is 46.1 Å². The van der Waals surface area contributed by atoms with Crippen LogP contribution in [0.3, 0.4) is 0 Å². The van der Waals surface area contributed by atoms with Gasteiger partial charge in [0.2, 0.25) is 0 Å². The molecule has 1 aromatic carbocycles. The molecule has 0 unspecified atom stereocenters. The first-order chi connectivity index (χ1) is 6.80. The Morgan fingerprint density at radius 2 is 1.86 bits per heavy atom. The molecule has 0 bridgehead atoms. The normalized spacial score (nSPS) is 10.6. The van der Waals surface area contributed by atoms with Crippen molar-refractivity contribution in [2.75, 3.05) is 5.32 Å². The molecule has 0 aliphatic rings. The van der Waals surface area contributed by atoms with Crippen LogP contribution in [0.4, 0.5) is 5.69 Å². The Morgan fingerprint density at radius 1 is 1.14 bits per heavy atom. The van der Waals surface area contributed by atoms with Crippen LogP contribution in [0.25, 0.3) is 0 Å². The minimum Gasteiger partial charge on any atom is -0.382 e. The molecule has 1 aromatic rings. The lowest BCUT2D eigenvalue weighted by Crippen LogP contribution is -2.16. The molecule has 0 saturated carbocycles. The Bertz CT molecular complexity index is 264. The van der Waals surface area contributed by atoms with Gasteiger partial charge in [-0.1, -0.05) is 32.9 Å². The summed E-state index contributed by atoms with van der Waals surface area (Å²) in [6.45, 7) is 6.64. The van der Waals surface area contributed by atoms with Crippen molar-refractivity contribution in [3.8, 4) is 0 Å². The third-order valence-electron chi connectivity index (χ3n) is 2.69. The number of benzene rings is 1. The van der Waals surface area contributed by atoms with Crippen LogP contribution < -0.4 is 5.32 Å². The Kier molecular flexibility index (Phi) is 4.51. The van der Waals surface area contributed by atoms with Crippen molar-refractivity contribution in [3.63, 3.8) is 0 Å².